The van der Waals surface area contributed by atoms with E-state index in [4.69, 9.17) is 10.5 Å². The number of carbonyl (C=O) groups excluding carboxylic acids is 1. The van der Waals surface area contributed by atoms with Gasteiger partial charge in [-0.1, -0.05) is 0 Å². The molecule has 1 aliphatic carbocycles. The quantitative estimate of drug-likeness (QED) is 0.917. The molecule has 2 N–H and O–H groups in total. The van der Waals surface area contributed by atoms with Crippen LogP contribution in [0.25, 0.3) is 0 Å². The second-order valence-electron chi connectivity index (χ2n) is 6.72. The van der Waals surface area contributed by atoms with E-state index in [1.807, 2.05) is 23.1 Å². The SMILES string of the molecule is COc1ccc(C(=O)N2CCC([C@H](C)N)CC2)cc1C1CC1.Cl. The summed E-state index contributed by atoms with van der Waals surface area (Å²) in [5.74, 6) is 2.18. The minimum Gasteiger partial charge on any atom is -0.496 e. The second-order valence-corrected chi connectivity index (χ2v) is 6.72. The van der Waals surface area contributed by atoms with Gasteiger partial charge in [0.25, 0.3) is 5.91 Å². The summed E-state index contributed by atoms with van der Waals surface area (Å²) in [4.78, 5) is 14.7. The summed E-state index contributed by atoms with van der Waals surface area (Å²) < 4.78 is 5.43. The Hall–Kier alpha value is -1.26. The Labute approximate surface area is 144 Å². The van der Waals surface area contributed by atoms with Crippen molar-refractivity contribution >= 4 is 18.3 Å². The van der Waals surface area contributed by atoms with Crippen molar-refractivity contribution in [3.63, 3.8) is 0 Å². The topological polar surface area (TPSA) is 55.6 Å². The molecule has 2 fully saturated rings. The van der Waals surface area contributed by atoms with Crippen LogP contribution in [-0.4, -0.2) is 37.0 Å². The third-order valence-corrected chi connectivity index (χ3v) is 5.06. The zero-order chi connectivity index (χ0) is 15.7. The lowest BCUT2D eigenvalue weighted by Gasteiger charge is -2.33. The molecule has 0 unspecified atom stereocenters. The molecule has 0 bridgehead atoms. The number of methoxy groups -OCH3 is 1. The van der Waals surface area contributed by atoms with Crippen LogP contribution in [-0.2, 0) is 0 Å². The molecular weight excluding hydrogens is 312 g/mol. The second kappa shape index (κ2) is 7.54. The Morgan fingerprint density at radius 1 is 1.26 bits per heavy atom. The first-order valence-corrected chi connectivity index (χ1v) is 8.33. The molecule has 4 nitrogen and oxygen atoms in total. The average molecular weight is 339 g/mol. The van der Waals surface area contributed by atoms with Gasteiger partial charge in [-0.25, -0.2) is 0 Å². The zero-order valence-corrected chi connectivity index (χ0v) is 14.8. The number of nitrogens with zero attached hydrogens (tertiary/aromatic N) is 1. The van der Waals surface area contributed by atoms with Crippen molar-refractivity contribution in [2.24, 2.45) is 11.7 Å². The van der Waals surface area contributed by atoms with Crippen LogP contribution < -0.4 is 10.5 Å². The number of piperidine rings is 1. The van der Waals surface area contributed by atoms with Gasteiger partial charge in [0, 0.05) is 24.7 Å². The predicted octanol–water partition coefficient (Wildman–Crippen LogP) is 3.19. The number of halogens is 1. The molecule has 1 saturated carbocycles. The number of hydrogen-bond acceptors (Lipinski definition) is 3. The summed E-state index contributed by atoms with van der Waals surface area (Å²) >= 11 is 0. The van der Waals surface area contributed by atoms with Crippen LogP contribution in [0.15, 0.2) is 18.2 Å². The van der Waals surface area contributed by atoms with Crippen molar-refractivity contribution in [1.82, 2.24) is 4.90 Å². The van der Waals surface area contributed by atoms with Crippen LogP contribution >= 0.6 is 12.4 Å². The lowest BCUT2D eigenvalue weighted by molar-refractivity contribution is 0.0681. The molecule has 1 aliphatic heterocycles. The fourth-order valence-corrected chi connectivity index (χ4v) is 3.39. The average Bonchev–Trinajstić information content (AvgIpc) is 3.38. The molecule has 1 aromatic carbocycles. The standard InChI is InChI=1S/C18H26N2O2.ClH/c1-12(19)13-7-9-20(10-8-13)18(21)15-5-6-17(22-2)16(11-15)14-3-4-14;/h5-6,11-14H,3-4,7-10,19H2,1-2H3;1H/t12-;/m0./s1. The Balaban J connectivity index is 0.00000192. The number of hydrogen-bond donors (Lipinski definition) is 1. The number of benzene rings is 1. The Kier molecular flexibility index (Phi) is 5.93. The molecule has 0 radical (unpaired) electrons. The van der Waals surface area contributed by atoms with Crippen LogP contribution in [0.4, 0.5) is 0 Å². The van der Waals surface area contributed by atoms with Crippen molar-refractivity contribution in [3.05, 3.63) is 29.3 Å². The molecule has 128 valence electrons. The maximum absolute atomic E-state index is 12.7. The van der Waals surface area contributed by atoms with E-state index in [1.165, 1.54) is 18.4 Å². The van der Waals surface area contributed by atoms with Gasteiger partial charge in [0.05, 0.1) is 7.11 Å². The van der Waals surface area contributed by atoms with Crippen LogP contribution in [0.1, 0.15) is 54.4 Å². The van der Waals surface area contributed by atoms with Crippen LogP contribution in [0.2, 0.25) is 0 Å². The molecule has 1 saturated heterocycles. The molecule has 1 atom stereocenters. The first-order chi connectivity index (χ1) is 10.6. The Morgan fingerprint density at radius 3 is 2.43 bits per heavy atom. The van der Waals surface area contributed by atoms with Crippen LogP contribution in [0.3, 0.4) is 0 Å². The van der Waals surface area contributed by atoms with Crippen molar-refractivity contribution in [2.75, 3.05) is 20.2 Å². The van der Waals surface area contributed by atoms with Crippen molar-refractivity contribution in [2.45, 2.75) is 44.6 Å². The number of nitrogens with two attached hydrogens (primary N) is 1. The highest BCUT2D eigenvalue weighted by Gasteiger charge is 2.29. The molecule has 0 spiro atoms. The molecule has 1 amide bonds. The maximum atomic E-state index is 12.7. The first-order valence-electron chi connectivity index (χ1n) is 8.33. The van der Waals surface area contributed by atoms with E-state index >= 15 is 0 Å². The van der Waals surface area contributed by atoms with Gasteiger partial charge in [-0.15, -0.1) is 12.4 Å². The monoisotopic (exact) mass is 338 g/mol. The van der Waals surface area contributed by atoms with Gasteiger partial charge in [0.2, 0.25) is 0 Å². The Bertz CT molecular complexity index is 550. The van der Waals surface area contributed by atoms with Crippen LogP contribution in [0, 0.1) is 5.92 Å². The fourth-order valence-electron chi connectivity index (χ4n) is 3.39. The summed E-state index contributed by atoms with van der Waals surface area (Å²) in [5, 5.41) is 0. The smallest absolute Gasteiger partial charge is 0.253 e. The molecular formula is C18H27ClN2O2. The van der Waals surface area contributed by atoms with E-state index in [2.05, 4.69) is 6.92 Å². The normalized spacial score (nSPS) is 19.9. The minimum absolute atomic E-state index is 0. The van der Waals surface area contributed by atoms with Gasteiger partial charge in [-0.05, 0) is 68.2 Å². The van der Waals surface area contributed by atoms with Crippen molar-refractivity contribution in [3.8, 4) is 5.75 Å². The van der Waals surface area contributed by atoms with Gasteiger partial charge in [0.1, 0.15) is 5.75 Å². The van der Waals surface area contributed by atoms with E-state index in [-0.39, 0.29) is 24.4 Å². The van der Waals surface area contributed by atoms with E-state index < -0.39 is 0 Å². The van der Waals surface area contributed by atoms with Gasteiger partial charge in [-0.3, -0.25) is 4.79 Å². The summed E-state index contributed by atoms with van der Waals surface area (Å²) in [6.07, 6.45) is 4.42. The molecule has 2 aliphatic rings. The van der Waals surface area contributed by atoms with Crippen molar-refractivity contribution in [1.29, 1.82) is 0 Å². The van der Waals surface area contributed by atoms with E-state index in [1.54, 1.807) is 7.11 Å². The van der Waals surface area contributed by atoms with E-state index in [0.717, 1.165) is 37.2 Å². The summed E-state index contributed by atoms with van der Waals surface area (Å²) in [6.45, 7) is 3.69. The summed E-state index contributed by atoms with van der Waals surface area (Å²) in [5.41, 5.74) is 7.96. The van der Waals surface area contributed by atoms with E-state index in [0.29, 0.717) is 11.8 Å². The molecule has 1 aromatic rings. The minimum atomic E-state index is 0. The van der Waals surface area contributed by atoms with Gasteiger partial charge < -0.3 is 15.4 Å². The number of rotatable bonds is 4. The predicted molar refractivity (Wildman–Crippen MR) is 94.5 cm³/mol. The summed E-state index contributed by atoms with van der Waals surface area (Å²) in [7, 11) is 1.70. The molecule has 3 rings (SSSR count). The fraction of sp³-hybridized carbons (Fsp3) is 0.611. The molecule has 23 heavy (non-hydrogen) atoms. The number of amides is 1. The highest BCUT2D eigenvalue weighted by atomic mass is 35.5. The highest BCUT2D eigenvalue weighted by molar-refractivity contribution is 5.94. The van der Waals surface area contributed by atoms with Gasteiger partial charge in [-0.2, -0.15) is 0 Å². The maximum Gasteiger partial charge on any atom is 0.253 e. The zero-order valence-electron chi connectivity index (χ0n) is 14.0. The number of likely N-dealkylation sites (tertiary alicyclic amines) is 1. The molecule has 0 aromatic heterocycles. The molecule has 5 heteroatoms. The third-order valence-electron chi connectivity index (χ3n) is 5.06. The van der Waals surface area contributed by atoms with Gasteiger partial charge >= 0.3 is 0 Å². The number of ether oxygens (including phenoxy) is 1. The summed E-state index contributed by atoms with van der Waals surface area (Å²) in [6, 6.07) is 6.09. The van der Waals surface area contributed by atoms with Crippen LogP contribution in [0.5, 0.6) is 5.75 Å². The lowest BCUT2D eigenvalue weighted by atomic mass is 9.90. The Morgan fingerprint density at radius 2 is 1.91 bits per heavy atom. The van der Waals surface area contributed by atoms with Gasteiger partial charge in [0.15, 0.2) is 0 Å². The largest absolute Gasteiger partial charge is 0.496 e. The third kappa shape index (κ3) is 3.99. The highest BCUT2D eigenvalue weighted by Crippen LogP contribution is 2.44. The first kappa shape index (κ1) is 18.1. The lowest BCUT2D eigenvalue weighted by Crippen LogP contribution is -2.42. The van der Waals surface area contributed by atoms with E-state index in [9.17, 15) is 4.79 Å². The number of carbonyl (C=O) groups is 1. The van der Waals surface area contributed by atoms with Crippen molar-refractivity contribution < 1.29 is 9.53 Å². The molecule has 1 heterocycles.